The Morgan fingerprint density at radius 2 is 1.48 bits per heavy atom. The molecule has 3 unspecified atom stereocenters. The Hall–Kier alpha value is -2.76. The summed E-state index contributed by atoms with van der Waals surface area (Å²) in [6.07, 6.45) is 9.70. The Kier molecular flexibility index (Phi) is 23.8. The van der Waals surface area contributed by atoms with Crippen molar-refractivity contribution in [3.8, 4) is 11.1 Å². The van der Waals surface area contributed by atoms with Gasteiger partial charge >= 0.3 is 0 Å². The molecule has 0 spiro atoms. The molecule has 0 aliphatic rings. The summed E-state index contributed by atoms with van der Waals surface area (Å²) >= 11 is 0. The molecule has 260 valence electrons. The molecule has 0 heterocycles. The molecule has 0 saturated heterocycles. The van der Waals surface area contributed by atoms with E-state index in [4.69, 9.17) is 10.1 Å². The second-order valence-electron chi connectivity index (χ2n) is 12.4. The fourth-order valence-electron chi connectivity index (χ4n) is 5.32. The lowest BCUT2D eigenvalue weighted by atomic mass is 9.98. The van der Waals surface area contributed by atoms with Crippen molar-refractivity contribution >= 4 is 12.1 Å². The maximum Gasteiger partial charge on any atom is 0.253 e. The molecule has 5 heteroatoms. The fourth-order valence-corrected chi connectivity index (χ4v) is 5.32. The molecule has 0 saturated carbocycles. The number of aliphatic hydroxyl groups is 1. The highest BCUT2D eigenvalue weighted by molar-refractivity contribution is 5.83. The first-order chi connectivity index (χ1) is 22.0. The number of carbonyl (C=O) groups excluding carboxylic acids is 1. The molecule has 0 aliphatic carbocycles. The van der Waals surface area contributed by atoms with Crippen LogP contribution in [-0.4, -0.2) is 36.0 Å². The zero-order valence-corrected chi connectivity index (χ0v) is 31.3. The van der Waals surface area contributed by atoms with Gasteiger partial charge in [-0.3, -0.25) is 4.79 Å². The molecule has 0 aromatic heterocycles. The molecule has 0 fully saturated rings. The van der Waals surface area contributed by atoms with E-state index in [1.54, 1.807) is 0 Å². The number of allylic oxidation sites excluding steroid dienone is 2. The molecular weight excluding hydrogens is 568 g/mol. The van der Waals surface area contributed by atoms with Gasteiger partial charge < -0.3 is 20.6 Å². The molecule has 0 aliphatic heterocycles. The second-order valence-corrected chi connectivity index (χ2v) is 12.4. The van der Waals surface area contributed by atoms with Crippen LogP contribution in [0.5, 0.6) is 0 Å². The van der Waals surface area contributed by atoms with E-state index in [0.717, 1.165) is 64.3 Å². The average molecular weight is 637 g/mol. The number of nitrogens with one attached hydrogen (secondary N) is 2. The van der Waals surface area contributed by atoms with Gasteiger partial charge in [0.25, 0.3) is 5.91 Å². The first-order valence-corrected chi connectivity index (χ1v) is 18.0. The minimum atomic E-state index is -0.595. The van der Waals surface area contributed by atoms with Crippen LogP contribution in [0.4, 0.5) is 0 Å². The summed E-state index contributed by atoms with van der Waals surface area (Å²) < 4.78 is 5.84. The van der Waals surface area contributed by atoms with Crippen LogP contribution in [0.1, 0.15) is 137 Å². The number of rotatable bonds is 18. The highest BCUT2D eigenvalue weighted by Crippen LogP contribution is 2.24. The van der Waals surface area contributed by atoms with E-state index in [-0.39, 0.29) is 18.4 Å². The maximum atomic E-state index is 13.1. The molecule has 0 bridgehead atoms. The van der Waals surface area contributed by atoms with Gasteiger partial charge in [-0.25, -0.2) is 0 Å². The predicted octanol–water partition coefficient (Wildman–Crippen LogP) is 10.8. The minimum Gasteiger partial charge on any atom is -0.390 e. The monoisotopic (exact) mass is 637 g/mol. The number of ether oxygens (including phenoxy) is 1. The highest BCUT2D eigenvalue weighted by atomic mass is 16.5. The normalized spacial score (nSPS) is 13.3. The standard InChI is InChI=1S/C31H44N2O3.C8H18.C2H6/c1-7-10-22(5)29(34)20-36-30(9-3)31(35)33-28(21(4)8-2)18-24-11-13-25(14-12-24)26-15-16-27(19-32)23(6)17-26;1-4-6-8(3)7-5-2;1-2/h11-17,19,22,29-30,32,34H,7-10,18,20H2,1-6H3,(H,33,35);8H,4-7H2,1-3H3;1-2H3. The summed E-state index contributed by atoms with van der Waals surface area (Å²) in [5, 5.41) is 21.0. The van der Waals surface area contributed by atoms with Gasteiger partial charge in [0.1, 0.15) is 6.10 Å². The molecular formula is C41H68N2O3. The number of benzene rings is 2. The summed E-state index contributed by atoms with van der Waals surface area (Å²) in [7, 11) is 0. The number of carbonyl (C=O) groups is 1. The maximum absolute atomic E-state index is 13.1. The first-order valence-electron chi connectivity index (χ1n) is 18.0. The highest BCUT2D eigenvalue weighted by Gasteiger charge is 2.22. The van der Waals surface area contributed by atoms with Crippen molar-refractivity contribution in [3.63, 3.8) is 0 Å². The topological polar surface area (TPSA) is 82.4 Å². The Balaban J connectivity index is 0.00000176. The number of hydrogen-bond donors (Lipinski definition) is 3. The lowest BCUT2D eigenvalue weighted by Crippen LogP contribution is -2.38. The second kappa shape index (κ2) is 25.3. The minimum absolute atomic E-state index is 0.147. The van der Waals surface area contributed by atoms with Gasteiger partial charge in [-0.2, -0.15) is 0 Å². The largest absolute Gasteiger partial charge is 0.390 e. The third-order valence-corrected chi connectivity index (χ3v) is 8.51. The van der Waals surface area contributed by atoms with Crippen molar-refractivity contribution in [2.24, 2.45) is 11.8 Å². The van der Waals surface area contributed by atoms with E-state index in [2.05, 4.69) is 77.2 Å². The van der Waals surface area contributed by atoms with Crippen LogP contribution in [0.25, 0.3) is 11.1 Å². The van der Waals surface area contributed by atoms with Crippen LogP contribution < -0.4 is 5.32 Å². The van der Waals surface area contributed by atoms with Crippen LogP contribution in [0.2, 0.25) is 0 Å². The zero-order chi connectivity index (χ0) is 35.1. The SMILES string of the molecule is CC.CCCC(C)C(O)COC(CC)C(=O)NC(Cc1ccc(-c2ccc(C=N)c(C)c2)cc1)=C(C)CC.CCCC(C)CCC. The van der Waals surface area contributed by atoms with Crippen LogP contribution in [-0.2, 0) is 16.0 Å². The first kappa shape index (κ1) is 43.2. The fraction of sp³-hybridized carbons (Fsp3) is 0.610. The molecule has 0 radical (unpaired) electrons. The summed E-state index contributed by atoms with van der Waals surface area (Å²) in [4.78, 5) is 13.1. The van der Waals surface area contributed by atoms with E-state index in [0.29, 0.717) is 12.8 Å². The molecule has 2 rings (SSSR count). The lowest BCUT2D eigenvalue weighted by Gasteiger charge is -2.23. The van der Waals surface area contributed by atoms with Gasteiger partial charge in [-0.1, -0.05) is 142 Å². The van der Waals surface area contributed by atoms with Crippen molar-refractivity contribution < 1.29 is 14.6 Å². The quantitative estimate of drug-likeness (QED) is 0.142. The van der Waals surface area contributed by atoms with E-state index < -0.39 is 12.2 Å². The van der Waals surface area contributed by atoms with Gasteiger partial charge in [0.15, 0.2) is 0 Å². The Labute approximate surface area is 283 Å². The van der Waals surface area contributed by atoms with E-state index >= 15 is 0 Å². The smallest absolute Gasteiger partial charge is 0.253 e. The van der Waals surface area contributed by atoms with Crippen molar-refractivity contribution in [1.29, 1.82) is 5.41 Å². The number of aliphatic hydroxyl groups excluding tert-OH is 1. The Morgan fingerprint density at radius 1 is 0.913 bits per heavy atom. The molecule has 5 nitrogen and oxygen atoms in total. The van der Waals surface area contributed by atoms with E-state index in [9.17, 15) is 9.90 Å². The Morgan fingerprint density at radius 3 is 1.96 bits per heavy atom. The predicted molar refractivity (Wildman–Crippen MR) is 200 cm³/mol. The number of aryl methyl sites for hydroxylation is 1. The third kappa shape index (κ3) is 16.2. The molecule has 3 N–H and O–H groups in total. The summed E-state index contributed by atoms with van der Waals surface area (Å²) in [5.74, 6) is 0.952. The van der Waals surface area contributed by atoms with Crippen molar-refractivity contribution in [1.82, 2.24) is 5.32 Å². The van der Waals surface area contributed by atoms with Crippen LogP contribution in [0.3, 0.4) is 0 Å². The van der Waals surface area contributed by atoms with E-state index in [1.807, 2.05) is 46.8 Å². The molecule has 1 amide bonds. The molecule has 46 heavy (non-hydrogen) atoms. The number of amides is 1. The summed E-state index contributed by atoms with van der Waals surface area (Å²) in [6.45, 7) is 23.2. The van der Waals surface area contributed by atoms with Gasteiger partial charge in [0.2, 0.25) is 0 Å². The van der Waals surface area contributed by atoms with Gasteiger partial charge in [-0.05, 0) is 72.8 Å². The van der Waals surface area contributed by atoms with Crippen LogP contribution in [0, 0.1) is 24.2 Å². The van der Waals surface area contributed by atoms with Gasteiger partial charge in [0, 0.05) is 18.3 Å². The van der Waals surface area contributed by atoms with Gasteiger partial charge in [0.05, 0.1) is 12.7 Å². The molecule has 3 atom stereocenters. The zero-order valence-electron chi connectivity index (χ0n) is 31.3. The van der Waals surface area contributed by atoms with Gasteiger partial charge in [-0.15, -0.1) is 0 Å². The summed E-state index contributed by atoms with van der Waals surface area (Å²) in [5.41, 5.74) is 7.41. The number of hydrogen-bond acceptors (Lipinski definition) is 4. The average Bonchev–Trinajstić information content (AvgIpc) is 3.06. The lowest BCUT2D eigenvalue weighted by molar-refractivity contribution is -0.135. The van der Waals surface area contributed by atoms with Crippen molar-refractivity contribution in [2.75, 3.05) is 6.61 Å². The third-order valence-electron chi connectivity index (χ3n) is 8.51. The summed E-state index contributed by atoms with van der Waals surface area (Å²) in [6, 6.07) is 14.5. The molecule has 2 aromatic rings. The van der Waals surface area contributed by atoms with Crippen LogP contribution in [0.15, 0.2) is 53.7 Å². The van der Waals surface area contributed by atoms with Crippen molar-refractivity contribution in [2.45, 2.75) is 146 Å². The van der Waals surface area contributed by atoms with Crippen LogP contribution >= 0.6 is 0 Å². The van der Waals surface area contributed by atoms with Crippen molar-refractivity contribution in [3.05, 3.63) is 70.4 Å². The Bertz CT molecular complexity index is 1130. The van der Waals surface area contributed by atoms with E-state index in [1.165, 1.54) is 31.9 Å². The molecule has 2 aromatic carbocycles.